The lowest BCUT2D eigenvalue weighted by Gasteiger charge is -2.14. The minimum absolute atomic E-state index is 0.0391. The van der Waals surface area contributed by atoms with E-state index in [1.807, 2.05) is 13.8 Å². The molecule has 1 aliphatic heterocycles. The van der Waals surface area contributed by atoms with Gasteiger partial charge in [-0.3, -0.25) is 4.79 Å². The minimum atomic E-state index is -0.0391. The molecule has 0 fully saturated rings. The van der Waals surface area contributed by atoms with Gasteiger partial charge < -0.3 is 4.84 Å². The lowest BCUT2D eigenvalue weighted by molar-refractivity contribution is -0.117. The Morgan fingerprint density at radius 1 is 1.80 bits per heavy atom. The van der Waals surface area contributed by atoms with Crippen molar-refractivity contribution >= 4 is 11.5 Å². The third kappa shape index (κ3) is 1.35. The highest BCUT2D eigenvalue weighted by atomic mass is 16.6. The molecule has 1 rings (SSSR count). The van der Waals surface area contributed by atoms with Crippen LogP contribution < -0.4 is 0 Å². The number of hydrogen-bond donors (Lipinski definition) is 0. The zero-order valence-corrected chi connectivity index (χ0v) is 6.26. The number of hydrogen-bond acceptors (Lipinski definition) is 3. The fraction of sp³-hybridized carbons (Fsp3) is 0.714. The molecule has 0 saturated heterocycles. The fourth-order valence-electron chi connectivity index (χ4n) is 0.882. The second kappa shape index (κ2) is 2.82. The molecule has 3 heteroatoms. The molecule has 56 valence electrons. The quantitative estimate of drug-likeness (QED) is 0.549. The first kappa shape index (κ1) is 7.25. The highest BCUT2D eigenvalue weighted by molar-refractivity contribution is 6.39. The molecule has 0 aromatic carbocycles. The van der Waals surface area contributed by atoms with Gasteiger partial charge in [-0.25, -0.2) is 0 Å². The predicted molar refractivity (Wildman–Crippen MR) is 37.9 cm³/mol. The van der Waals surface area contributed by atoms with Gasteiger partial charge in [-0.1, -0.05) is 12.1 Å². The Kier molecular flexibility index (Phi) is 2.04. The number of ketones is 1. The van der Waals surface area contributed by atoms with Gasteiger partial charge in [0.05, 0.1) is 6.42 Å². The van der Waals surface area contributed by atoms with Crippen LogP contribution in [0.5, 0.6) is 0 Å². The van der Waals surface area contributed by atoms with Crippen molar-refractivity contribution in [3.8, 4) is 0 Å². The Morgan fingerprint density at radius 2 is 2.50 bits per heavy atom. The Hall–Kier alpha value is -0.860. The monoisotopic (exact) mass is 141 g/mol. The molecule has 3 nitrogen and oxygen atoms in total. The summed E-state index contributed by atoms with van der Waals surface area (Å²) in [5.74, 6) is 0.126. The first-order valence-electron chi connectivity index (χ1n) is 3.50. The summed E-state index contributed by atoms with van der Waals surface area (Å²) in [5.41, 5.74) is 0.568. The predicted octanol–water partition coefficient (Wildman–Crippen LogP) is 1.13. The van der Waals surface area contributed by atoms with Gasteiger partial charge in [-0.15, -0.1) is 0 Å². The van der Waals surface area contributed by atoms with Crippen LogP contribution in [0.1, 0.15) is 26.7 Å². The maximum absolute atomic E-state index is 11.0. The van der Waals surface area contributed by atoms with E-state index in [4.69, 9.17) is 4.84 Å². The maximum atomic E-state index is 11.0. The van der Waals surface area contributed by atoms with E-state index in [1.165, 1.54) is 0 Å². The van der Waals surface area contributed by atoms with Crippen LogP contribution in [-0.4, -0.2) is 17.6 Å². The van der Waals surface area contributed by atoms with E-state index < -0.39 is 0 Å². The Morgan fingerprint density at radius 3 is 3.00 bits per heavy atom. The molecule has 1 atom stereocenters. The van der Waals surface area contributed by atoms with Gasteiger partial charge in [0.2, 0.25) is 0 Å². The summed E-state index contributed by atoms with van der Waals surface area (Å²) >= 11 is 0. The van der Waals surface area contributed by atoms with E-state index in [-0.39, 0.29) is 11.9 Å². The largest absolute Gasteiger partial charge is 0.392 e. The van der Waals surface area contributed by atoms with Crippen LogP contribution in [0, 0.1) is 0 Å². The summed E-state index contributed by atoms with van der Waals surface area (Å²) in [4.78, 5) is 15.9. The van der Waals surface area contributed by atoms with Crippen molar-refractivity contribution in [1.82, 2.24) is 0 Å². The molecule has 1 heterocycles. The van der Waals surface area contributed by atoms with Crippen molar-refractivity contribution < 1.29 is 9.63 Å². The number of carbonyl (C=O) groups is 1. The van der Waals surface area contributed by atoms with Crippen molar-refractivity contribution in [3.05, 3.63) is 0 Å². The molecule has 0 saturated carbocycles. The second-order valence-corrected chi connectivity index (χ2v) is 2.43. The maximum Gasteiger partial charge on any atom is 0.184 e. The number of nitrogens with zero attached hydrogens (tertiary/aromatic N) is 1. The highest BCUT2D eigenvalue weighted by Gasteiger charge is 2.19. The van der Waals surface area contributed by atoms with E-state index in [1.54, 1.807) is 0 Å². The number of carbonyl (C=O) groups excluding carboxylic acids is 1. The molecular formula is C7H11NO2. The summed E-state index contributed by atoms with van der Waals surface area (Å²) in [6.07, 6.45) is 1.11. The first-order valence-corrected chi connectivity index (χ1v) is 3.50. The van der Waals surface area contributed by atoms with Crippen molar-refractivity contribution in [2.24, 2.45) is 5.16 Å². The fourth-order valence-corrected chi connectivity index (χ4v) is 0.882. The number of rotatable bonds is 1. The zero-order chi connectivity index (χ0) is 7.56. The van der Waals surface area contributed by atoms with Crippen molar-refractivity contribution in [1.29, 1.82) is 0 Å². The second-order valence-electron chi connectivity index (χ2n) is 2.43. The molecule has 0 aromatic rings. The third-order valence-electron chi connectivity index (χ3n) is 1.47. The number of Topliss-reactive ketones (excluding diaryl/α,β-unsaturated/α-hetero) is 1. The summed E-state index contributed by atoms with van der Waals surface area (Å²) in [6.45, 7) is 3.74. The summed E-state index contributed by atoms with van der Waals surface area (Å²) < 4.78 is 0. The van der Waals surface area contributed by atoms with E-state index in [9.17, 15) is 4.79 Å². The van der Waals surface area contributed by atoms with Gasteiger partial charge in [0.25, 0.3) is 0 Å². The molecule has 1 unspecified atom stereocenters. The summed E-state index contributed by atoms with van der Waals surface area (Å²) in [6, 6.07) is 0. The molecule has 0 spiro atoms. The van der Waals surface area contributed by atoms with Crippen LogP contribution in [0.4, 0.5) is 0 Å². The molecule has 1 aliphatic rings. The molecule has 0 radical (unpaired) electrons. The van der Waals surface area contributed by atoms with Crippen molar-refractivity contribution in [3.63, 3.8) is 0 Å². The normalized spacial score (nSPS) is 25.6. The minimum Gasteiger partial charge on any atom is -0.392 e. The summed E-state index contributed by atoms with van der Waals surface area (Å²) in [7, 11) is 0. The first-order chi connectivity index (χ1) is 4.74. The van der Waals surface area contributed by atoms with Crippen LogP contribution in [0.25, 0.3) is 0 Å². The van der Waals surface area contributed by atoms with E-state index >= 15 is 0 Å². The van der Waals surface area contributed by atoms with E-state index in [0.717, 1.165) is 0 Å². The topological polar surface area (TPSA) is 38.7 Å². The number of oxime groups is 1. The molecule has 0 aromatic heterocycles. The molecule has 0 amide bonds. The van der Waals surface area contributed by atoms with Crippen LogP contribution >= 0.6 is 0 Å². The Labute approximate surface area is 60.0 Å². The molecular weight excluding hydrogens is 130 g/mol. The van der Waals surface area contributed by atoms with Gasteiger partial charge in [-0.2, -0.15) is 0 Å². The lowest BCUT2D eigenvalue weighted by Crippen LogP contribution is -2.25. The Bertz CT molecular complexity index is 174. The van der Waals surface area contributed by atoms with Gasteiger partial charge >= 0.3 is 0 Å². The molecule has 0 aliphatic carbocycles. The lowest BCUT2D eigenvalue weighted by atomic mass is 10.1. The molecule has 10 heavy (non-hydrogen) atoms. The SMILES string of the molecule is CCC1=NOC(C)CC1=O. The molecule has 0 N–H and O–H groups in total. The van der Waals surface area contributed by atoms with Gasteiger partial charge in [-0.05, 0) is 13.3 Å². The third-order valence-corrected chi connectivity index (χ3v) is 1.47. The van der Waals surface area contributed by atoms with Gasteiger partial charge in [0.1, 0.15) is 11.8 Å². The molecule has 0 bridgehead atoms. The van der Waals surface area contributed by atoms with Gasteiger partial charge in [0.15, 0.2) is 5.78 Å². The average molecular weight is 141 g/mol. The van der Waals surface area contributed by atoms with Crippen LogP contribution in [0.3, 0.4) is 0 Å². The average Bonchev–Trinajstić information content (AvgIpc) is 1.88. The van der Waals surface area contributed by atoms with E-state index in [2.05, 4.69) is 5.16 Å². The van der Waals surface area contributed by atoms with E-state index in [0.29, 0.717) is 18.6 Å². The smallest absolute Gasteiger partial charge is 0.184 e. The van der Waals surface area contributed by atoms with Crippen molar-refractivity contribution in [2.75, 3.05) is 0 Å². The Balaban J connectivity index is 2.66. The zero-order valence-electron chi connectivity index (χ0n) is 6.26. The van der Waals surface area contributed by atoms with Crippen LogP contribution in [-0.2, 0) is 9.63 Å². The van der Waals surface area contributed by atoms with Crippen LogP contribution in [0.2, 0.25) is 0 Å². The highest BCUT2D eigenvalue weighted by Crippen LogP contribution is 2.08. The van der Waals surface area contributed by atoms with Crippen molar-refractivity contribution in [2.45, 2.75) is 32.8 Å². The standard InChI is InChI=1S/C7H11NO2/c1-3-6-7(9)4-5(2)10-8-6/h5H,3-4H2,1-2H3. The van der Waals surface area contributed by atoms with Gasteiger partial charge in [0, 0.05) is 0 Å². The summed E-state index contributed by atoms with van der Waals surface area (Å²) in [5, 5.41) is 3.68. The van der Waals surface area contributed by atoms with Crippen LogP contribution in [0.15, 0.2) is 5.16 Å².